The number of H-pyrrole nitrogens is 1. The molecule has 22 heavy (non-hydrogen) atoms. The first-order valence-electron chi connectivity index (χ1n) is 6.63. The van der Waals surface area contributed by atoms with Crippen molar-refractivity contribution in [3.63, 3.8) is 0 Å². The van der Waals surface area contributed by atoms with E-state index in [0.717, 1.165) is 0 Å². The number of aromatic nitrogens is 1. The molecular formula is C15H18N2O5. The van der Waals surface area contributed by atoms with Gasteiger partial charge in [0.25, 0.3) is 5.91 Å². The Morgan fingerprint density at radius 1 is 1.32 bits per heavy atom. The van der Waals surface area contributed by atoms with Gasteiger partial charge in [0, 0.05) is 5.69 Å². The van der Waals surface area contributed by atoms with E-state index in [-0.39, 0.29) is 12.2 Å². The van der Waals surface area contributed by atoms with E-state index in [0.29, 0.717) is 23.2 Å². The average Bonchev–Trinajstić information content (AvgIpc) is 2.86. The van der Waals surface area contributed by atoms with E-state index in [2.05, 4.69) is 16.2 Å². The number of nitrogens with one attached hydrogen (secondary N) is 2. The summed E-state index contributed by atoms with van der Waals surface area (Å²) in [6.45, 7) is 3.05. The van der Waals surface area contributed by atoms with Crippen molar-refractivity contribution in [2.45, 2.75) is 20.3 Å². The van der Waals surface area contributed by atoms with Gasteiger partial charge in [0.2, 0.25) is 0 Å². The average molecular weight is 306 g/mol. The third kappa shape index (κ3) is 3.88. The van der Waals surface area contributed by atoms with Crippen molar-refractivity contribution in [1.29, 1.82) is 0 Å². The molecule has 2 N–H and O–H groups in total. The molecule has 1 aromatic heterocycles. The fourth-order valence-electron chi connectivity index (χ4n) is 1.91. The number of rotatable bonds is 6. The normalized spacial score (nSPS) is 9.73. The van der Waals surface area contributed by atoms with Gasteiger partial charge in [-0.25, -0.2) is 9.59 Å². The third-order valence-corrected chi connectivity index (χ3v) is 3.00. The van der Waals surface area contributed by atoms with Crippen LogP contribution in [0.4, 0.5) is 0 Å². The number of esters is 2. The largest absolute Gasteiger partial charge is 0.465 e. The fourth-order valence-corrected chi connectivity index (χ4v) is 1.91. The summed E-state index contributed by atoms with van der Waals surface area (Å²) in [5, 5.41) is 2.37. The van der Waals surface area contributed by atoms with Crippen LogP contribution in [0.3, 0.4) is 0 Å². The van der Waals surface area contributed by atoms with Crippen LogP contribution in [0.5, 0.6) is 0 Å². The number of aryl methyl sites for hydroxylation is 1. The standard InChI is InChI=1S/C15H18N2O5/c1-5-7-16-11(18)8-22-15(20)13-9(3)12(14(19)21-4)10(6-2)17-13/h1,17H,6-8H2,2-4H3,(H,16,18). The molecule has 0 aliphatic heterocycles. The van der Waals surface area contributed by atoms with Gasteiger partial charge in [-0.15, -0.1) is 6.42 Å². The molecule has 0 fully saturated rings. The molecule has 0 aromatic carbocycles. The molecule has 1 rings (SSSR count). The Labute approximate surface area is 128 Å². The minimum Gasteiger partial charge on any atom is -0.465 e. The minimum atomic E-state index is -0.724. The lowest BCUT2D eigenvalue weighted by Crippen LogP contribution is -2.29. The van der Waals surface area contributed by atoms with Crippen LogP contribution < -0.4 is 5.32 Å². The number of hydrogen-bond donors (Lipinski definition) is 2. The van der Waals surface area contributed by atoms with Crippen LogP contribution in [-0.4, -0.2) is 43.1 Å². The number of aromatic amines is 1. The molecule has 1 heterocycles. The molecule has 0 saturated heterocycles. The highest BCUT2D eigenvalue weighted by molar-refractivity contribution is 5.99. The maximum atomic E-state index is 12.0. The zero-order chi connectivity index (χ0) is 16.7. The van der Waals surface area contributed by atoms with Crippen LogP contribution in [-0.2, 0) is 20.7 Å². The van der Waals surface area contributed by atoms with Crippen molar-refractivity contribution >= 4 is 17.8 Å². The van der Waals surface area contributed by atoms with E-state index in [1.807, 2.05) is 6.92 Å². The topological polar surface area (TPSA) is 97.5 Å². The Balaban J connectivity index is 2.87. The Morgan fingerprint density at radius 2 is 2.00 bits per heavy atom. The molecule has 0 saturated carbocycles. The second-order valence-corrected chi connectivity index (χ2v) is 4.38. The maximum absolute atomic E-state index is 12.0. The quantitative estimate of drug-likeness (QED) is 0.592. The van der Waals surface area contributed by atoms with Crippen molar-refractivity contribution in [2.75, 3.05) is 20.3 Å². The van der Waals surface area contributed by atoms with Crippen molar-refractivity contribution in [1.82, 2.24) is 10.3 Å². The highest BCUT2D eigenvalue weighted by atomic mass is 16.5. The molecule has 0 atom stereocenters. The van der Waals surface area contributed by atoms with Gasteiger partial charge in [-0.2, -0.15) is 0 Å². The molecular weight excluding hydrogens is 288 g/mol. The molecule has 118 valence electrons. The highest BCUT2D eigenvalue weighted by Gasteiger charge is 2.24. The monoisotopic (exact) mass is 306 g/mol. The van der Waals surface area contributed by atoms with Gasteiger partial charge in [-0.05, 0) is 18.9 Å². The number of methoxy groups -OCH3 is 1. The summed E-state index contributed by atoms with van der Waals surface area (Å²) in [6, 6.07) is 0. The lowest BCUT2D eigenvalue weighted by Gasteiger charge is -2.04. The maximum Gasteiger partial charge on any atom is 0.355 e. The van der Waals surface area contributed by atoms with Crippen molar-refractivity contribution in [3.8, 4) is 12.3 Å². The van der Waals surface area contributed by atoms with E-state index in [1.54, 1.807) is 6.92 Å². The summed E-state index contributed by atoms with van der Waals surface area (Å²) in [5.74, 6) is 0.479. The Hall–Kier alpha value is -2.75. The molecule has 1 aromatic rings. The lowest BCUT2D eigenvalue weighted by atomic mass is 10.1. The molecule has 0 aliphatic carbocycles. The van der Waals surface area contributed by atoms with Gasteiger partial charge in [-0.1, -0.05) is 12.8 Å². The van der Waals surface area contributed by atoms with E-state index in [9.17, 15) is 14.4 Å². The van der Waals surface area contributed by atoms with Gasteiger partial charge in [0.1, 0.15) is 5.69 Å². The van der Waals surface area contributed by atoms with E-state index >= 15 is 0 Å². The minimum absolute atomic E-state index is 0.0599. The van der Waals surface area contributed by atoms with Crippen LogP contribution in [0.25, 0.3) is 0 Å². The first-order valence-corrected chi connectivity index (χ1v) is 6.63. The van der Waals surface area contributed by atoms with Gasteiger partial charge in [0.15, 0.2) is 6.61 Å². The van der Waals surface area contributed by atoms with E-state index < -0.39 is 24.5 Å². The van der Waals surface area contributed by atoms with Crippen molar-refractivity contribution in [3.05, 3.63) is 22.5 Å². The van der Waals surface area contributed by atoms with Gasteiger partial charge < -0.3 is 19.8 Å². The smallest absolute Gasteiger partial charge is 0.355 e. The number of amides is 1. The van der Waals surface area contributed by atoms with E-state index in [1.165, 1.54) is 7.11 Å². The fraction of sp³-hybridized carbons (Fsp3) is 0.400. The summed E-state index contributed by atoms with van der Waals surface area (Å²) in [7, 11) is 1.27. The summed E-state index contributed by atoms with van der Waals surface area (Å²) in [4.78, 5) is 37.9. The number of ether oxygens (including phenoxy) is 2. The van der Waals surface area contributed by atoms with Crippen LogP contribution in [0.1, 0.15) is 39.0 Å². The predicted octanol–water partition coefficient (Wildman–Crippen LogP) is 0.578. The second-order valence-electron chi connectivity index (χ2n) is 4.38. The summed E-state index contributed by atoms with van der Waals surface area (Å²) in [6.07, 6.45) is 5.51. The molecule has 0 unspecified atom stereocenters. The zero-order valence-corrected chi connectivity index (χ0v) is 12.7. The number of carbonyl (C=O) groups is 3. The van der Waals surface area contributed by atoms with Crippen LogP contribution >= 0.6 is 0 Å². The molecule has 0 aliphatic rings. The Morgan fingerprint density at radius 3 is 2.55 bits per heavy atom. The van der Waals surface area contributed by atoms with E-state index in [4.69, 9.17) is 15.9 Å². The Kier molecular flexibility index (Phi) is 6.20. The summed E-state index contributed by atoms with van der Waals surface area (Å²) >= 11 is 0. The molecule has 0 bridgehead atoms. The number of terminal acetylenes is 1. The molecule has 1 amide bonds. The predicted molar refractivity (Wildman–Crippen MR) is 78.4 cm³/mol. The van der Waals surface area contributed by atoms with Crippen molar-refractivity contribution < 1.29 is 23.9 Å². The van der Waals surface area contributed by atoms with Crippen molar-refractivity contribution in [2.24, 2.45) is 0 Å². The Bertz CT molecular complexity index is 625. The summed E-state index contributed by atoms with van der Waals surface area (Å²) in [5.41, 5.74) is 1.45. The van der Waals surface area contributed by atoms with Crippen LogP contribution in [0, 0.1) is 19.3 Å². The van der Waals surface area contributed by atoms with Gasteiger partial charge in [-0.3, -0.25) is 4.79 Å². The molecule has 7 nitrogen and oxygen atoms in total. The summed E-state index contributed by atoms with van der Waals surface area (Å²) < 4.78 is 9.59. The second kappa shape index (κ2) is 7.88. The molecule has 0 spiro atoms. The first-order chi connectivity index (χ1) is 10.5. The number of hydrogen-bond acceptors (Lipinski definition) is 5. The highest BCUT2D eigenvalue weighted by Crippen LogP contribution is 2.20. The van der Waals surface area contributed by atoms with Crippen LogP contribution in [0.15, 0.2) is 0 Å². The van der Waals surface area contributed by atoms with Crippen LogP contribution in [0.2, 0.25) is 0 Å². The first kappa shape index (κ1) is 17.3. The zero-order valence-electron chi connectivity index (χ0n) is 12.7. The van der Waals surface area contributed by atoms with Gasteiger partial charge in [0.05, 0.1) is 19.2 Å². The number of carbonyl (C=O) groups excluding carboxylic acids is 3. The molecule has 0 radical (unpaired) electrons. The lowest BCUT2D eigenvalue weighted by molar-refractivity contribution is -0.123. The van der Waals surface area contributed by atoms with Gasteiger partial charge >= 0.3 is 11.9 Å². The molecule has 7 heteroatoms. The third-order valence-electron chi connectivity index (χ3n) is 3.00. The SMILES string of the molecule is C#CCNC(=O)COC(=O)c1[nH]c(CC)c(C(=O)OC)c1C.